The molecule has 0 unspecified atom stereocenters. The smallest absolute Gasteiger partial charge is 0.324 e. The van der Waals surface area contributed by atoms with Crippen molar-refractivity contribution in [1.82, 2.24) is 15.5 Å². The number of nitrogens with one attached hydrogen (secondary N) is 1. The van der Waals surface area contributed by atoms with Crippen LogP contribution in [0, 0.1) is 17.8 Å². The van der Waals surface area contributed by atoms with Crippen molar-refractivity contribution < 1.29 is 14.1 Å². The number of amides is 1. The van der Waals surface area contributed by atoms with Crippen molar-refractivity contribution in [2.45, 2.75) is 52.0 Å². The van der Waals surface area contributed by atoms with E-state index >= 15 is 0 Å². The molecule has 2 aliphatic rings. The molecule has 0 spiro atoms. The zero-order valence-electron chi connectivity index (χ0n) is 18.1. The standard InChI is InChI=1S/C23H32N4O3/c1-15-6-4-8-20(16(15)2)24-22(28)18-7-5-13-27(14-18)23-25-21(26-30-23)17-9-11-19(29-3)12-10-17/h9-12,15-16,18,20H,4-8,13-14H2,1-3H3,(H,24,28)/t15-,16-,18+,20-/m1/s1. The van der Waals surface area contributed by atoms with Gasteiger partial charge in [-0.15, -0.1) is 0 Å². The summed E-state index contributed by atoms with van der Waals surface area (Å²) in [4.78, 5) is 19.6. The third kappa shape index (κ3) is 4.45. The van der Waals surface area contributed by atoms with Gasteiger partial charge in [0, 0.05) is 24.7 Å². The van der Waals surface area contributed by atoms with Gasteiger partial charge < -0.3 is 19.5 Å². The van der Waals surface area contributed by atoms with Crippen LogP contribution in [-0.4, -0.2) is 42.3 Å². The van der Waals surface area contributed by atoms with E-state index in [4.69, 9.17) is 9.26 Å². The van der Waals surface area contributed by atoms with Gasteiger partial charge in [0.05, 0.1) is 13.0 Å². The van der Waals surface area contributed by atoms with E-state index in [1.54, 1.807) is 7.11 Å². The summed E-state index contributed by atoms with van der Waals surface area (Å²) in [5.41, 5.74) is 0.873. The van der Waals surface area contributed by atoms with E-state index in [-0.39, 0.29) is 11.8 Å². The Balaban J connectivity index is 1.39. The van der Waals surface area contributed by atoms with Crippen molar-refractivity contribution in [3.63, 3.8) is 0 Å². The van der Waals surface area contributed by atoms with Crippen LogP contribution in [0.2, 0.25) is 0 Å². The monoisotopic (exact) mass is 412 g/mol. The second-order valence-electron chi connectivity index (χ2n) is 8.80. The highest BCUT2D eigenvalue weighted by molar-refractivity contribution is 5.79. The van der Waals surface area contributed by atoms with Gasteiger partial charge in [-0.1, -0.05) is 31.8 Å². The molecule has 2 heterocycles. The number of carbonyl (C=O) groups is 1. The molecule has 7 nitrogen and oxygen atoms in total. The molecule has 1 amide bonds. The second kappa shape index (κ2) is 9.06. The van der Waals surface area contributed by atoms with Crippen LogP contribution in [0.3, 0.4) is 0 Å². The number of hydrogen-bond acceptors (Lipinski definition) is 6. The molecule has 1 aromatic carbocycles. The summed E-state index contributed by atoms with van der Waals surface area (Å²) in [5.74, 6) is 2.66. The van der Waals surface area contributed by atoms with Crippen molar-refractivity contribution in [2.75, 3.05) is 25.1 Å². The molecule has 1 aliphatic carbocycles. The SMILES string of the molecule is COc1ccc(-c2noc(N3CCC[C@H](C(=O)N[C@@H]4CCC[C@@H](C)[C@H]4C)C3)n2)cc1. The summed E-state index contributed by atoms with van der Waals surface area (Å²) < 4.78 is 10.7. The molecule has 7 heteroatoms. The lowest BCUT2D eigenvalue weighted by Gasteiger charge is -2.37. The summed E-state index contributed by atoms with van der Waals surface area (Å²) >= 11 is 0. The third-order valence-corrected chi connectivity index (χ3v) is 6.86. The molecule has 1 saturated heterocycles. The average Bonchev–Trinajstić information content (AvgIpc) is 3.27. The largest absolute Gasteiger partial charge is 0.497 e. The molecular formula is C23H32N4O3. The number of hydrogen-bond donors (Lipinski definition) is 1. The Morgan fingerprint density at radius 3 is 2.73 bits per heavy atom. The minimum absolute atomic E-state index is 0.0421. The Kier molecular flexibility index (Phi) is 6.25. The molecule has 4 rings (SSSR count). The van der Waals surface area contributed by atoms with E-state index in [2.05, 4.69) is 29.3 Å². The van der Waals surface area contributed by atoms with Crippen LogP contribution in [0.5, 0.6) is 5.75 Å². The number of carbonyl (C=O) groups excluding carboxylic acids is 1. The summed E-state index contributed by atoms with van der Waals surface area (Å²) in [5, 5.41) is 7.47. The second-order valence-corrected chi connectivity index (χ2v) is 8.80. The van der Waals surface area contributed by atoms with Gasteiger partial charge in [0.25, 0.3) is 0 Å². The maximum absolute atomic E-state index is 13.0. The Labute approximate surface area is 178 Å². The summed E-state index contributed by atoms with van der Waals surface area (Å²) in [7, 11) is 1.64. The van der Waals surface area contributed by atoms with Crippen LogP contribution in [0.15, 0.2) is 28.8 Å². The molecule has 30 heavy (non-hydrogen) atoms. The lowest BCUT2D eigenvalue weighted by Crippen LogP contribution is -2.49. The maximum Gasteiger partial charge on any atom is 0.324 e. The van der Waals surface area contributed by atoms with Gasteiger partial charge in [-0.05, 0) is 55.4 Å². The van der Waals surface area contributed by atoms with E-state index < -0.39 is 0 Å². The minimum atomic E-state index is -0.0421. The van der Waals surface area contributed by atoms with Gasteiger partial charge >= 0.3 is 6.01 Å². The summed E-state index contributed by atoms with van der Waals surface area (Å²) in [6.07, 6.45) is 5.39. The fourth-order valence-corrected chi connectivity index (χ4v) is 4.65. The number of benzene rings is 1. The van der Waals surface area contributed by atoms with E-state index in [9.17, 15) is 4.79 Å². The molecule has 1 aromatic heterocycles. The van der Waals surface area contributed by atoms with Gasteiger partial charge in [0.15, 0.2) is 0 Å². The highest BCUT2D eigenvalue weighted by atomic mass is 16.5. The average molecular weight is 413 g/mol. The van der Waals surface area contributed by atoms with E-state index in [0.29, 0.717) is 36.3 Å². The number of methoxy groups -OCH3 is 1. The Morgan fingerprint density at radius 1 is 1.17 bits per heavy atom. The van der Waals surface area contributed by atoms with Crippen molar-refractivity contribution in [3.8, 4) is 17.1 Å². The lowest BCUT2D eigenvalue weighted by atomic mass is 9.78. The molecular weight excluding hydrogens is 380 g/mol. The van der Waals surface area contributed by atoms with Gasteiger partial charge in [0.1, 0.15) is 5.75 Å². The number of ether oxygens (including phenoxy) is 1. The topological polar surface area (TPSA) is 80.5 Å². The third-order valence-electron chi connectivity index (χ3n) is 6.86. The van der Waals surface area contributed by atoms with Crippen LogP contribution in [0.4, 0.5) is 6.01 Å². The first kappa shape index (κ1) is 20.7. The fourth-order valence-electron chi connectivity index (χ4n) is 4.65. The quantitative estimate of drug-likeness (QED) is 0.802. The van der Waals surface area contributed by atoms with Crippen molar-refractivity contribution in [2.24, 2.45) is 17.8 Å². The molecule has 4 atom stereocenters. The van der Waals surface area contributed by atoms with Crippen LogP contribution in [0.25, 0.3) is 11.4 Å². The zero-order chi connectivity index (χ0) is 21.1. The molecule has 1 saturated carbocycles. The molecule has 2 aromatic rings. The molecule has 1 N–H and O–H groups in total. The van der Waals surface area contributed by atoms with Crippen molar-refractivity contribution in [3.05, 3.63) is 24.3 Å². The molecule has 2 fully saturated rings. The predicted molar refractivity (Wildman–Crippen MR) is 115 cm³/mol. The van der Waals surface area contributed by atoms with E-state index in [1.807, 2.05) is 29.2 Å². The Hall–Kier alpha value is -2.57. The lowest BCUT2D eigenvalue weighted by molar-refractivity contribution is -0.126. The molecule has 162 valence electrons. The van der Waals surface area contributed by atoms with Crippen LogP contribution < -0.4 is 15.0 Å². The Morgan fingerprint density at radius 2 is 1.97 bits per heavy atom. The Bertz CT molecular complexity index is 850. The zero-order valence-corrected chi connectivity index (χ0v) is 18.1. The number of nitrogens with zero attached hydrogens (tertiary/aromatic N) is 3. The number of rotatable bonds is 5. The first-order valence-corrected chi connectivity index (χ1v) is 11.1. The van der Waals surface area contributed by atoms with Gasteiger partial charge in [0.2, 0.25) is 11.7 Å². The highest BCUT2D eigenvalue weighted by Gasteiger charge is 2.33. The van der Waals surface area contributed by atoms with Gasteiger partial charge in [-0.3, -0.25) is 4.79 Å². The first-order valence-electron chi connectivity index (χ1n) is 11.1. The first-order chi connectivity index (χ1) is 14.5. The minimum Gasteiger partial charge on any atom is -0.497 e. The number of aromatic nitrogens is 2. The van der Waals surface area contributed by atoms with Crippen LogP contribution in [0.1, 0.15) is 46.0 Å². The number of piperidine rings is 1. The fraction of sp³-hybridized carbons (Fsp3) is 0.609. The van der Waals surface area contributed by atoms with Crippen LogP contribution >= 0.6 is 0 Å². The summed E-state index contributed by atoms with van der Waals surface area (Å²) in [6.45, 7) is 6.00. The van der Waals surface area contributed by atoms with E-state index in [0.717, 1.165) is 37.1 Å². The number of anilines is 1. The summed E-state index contributed by atoms with van der Waals surface area (Å²) in [6, 6.07) is 8.34. The highest BCUT2D eigenvalue weighted by Crippen LogP contribution is 2.30. The van der Waals surface area contributed by atoms with Gasteiger partial charge in [-0.2, -0.15) is 4.98 Å². The molecule has 0 radical (unpaired) electrons. The van der Waals surface area contributed by atoms with Gasteiger partial charge in [-0.25, -0.2) is 0 Å². The van der Waals surface area contributed by atoms with Crippen molar-refractivity contribution >= 4 is 11.9 Å². The van der Waals surface area contributed by atoms with Crippen molar-refractivity contribution in [1.29, 1.82) is 0 Å². The molecule has 0 bridgehead atoms. The molecule has 1 aliphatic heterocycles. The normalized spacial score (nSPS) is 27.0. The van der Waals surface area contributed by atoms with Crippen LogP contribution in [-0.2, 0) is 4.79 Å². The van der Waals surface area contributed by atoms with E-state index in [1.165, 1.54) is 12.8 Å². The maximum atomic E-state index is 13.0. The predicted octanol–water partition coefficient (Wildman–Crippen LogP) is 3.90.